The smallest absolute Gasteiger partial charge is 0.339 e. The molecule has 1 amide bonds. The molecule has 2 aromatic rings. The van der Waals surface area contributed by atoms with Crippen LogP contribution in [0.1, 0.15) is 48.0 Å². The lowest BCUT2D eigenvalue weighted by Crippen LogP contribution is -2.33. The van der Waals surface area contributed by atoms with Crippen molar-refractivity contribution >= 4 is 11.9 Å². The van der Waals surface area contributed by atoms with E-state index < -0.39 is 5.97 Å². The van der Waals surface area contributed by atoms with Crippen LogP contribution < -0.4 is 10.1 Å². The van der Waals surface area contributed by atoms with Gasteiger partial charge >= 0.3 is 5.97 Å². The minimum absolute atomic E-state index is 0.253. The van der Waals surface area contributed by atoms with E-state index in [-0.39, 0.29) is 19.1 Å². The van der Waals surface area contributed by atoms with E-state index in [0.29, 0.717) is 18.0 Å². The summed E-state index contributed by atoms with van der Waals surface area (Å²) >= 11 is 0. The summed E-state index contributed by atoms with van der Waals surface area (Å²) in [6.45, 7) is 0.653. The molecule has 5 nitrogen and oxygen atoms in total. The number of para-hydroxylation sites is 1. The molecule has 1 aliphatic rings. The van der Waals surface area contributed by atoms with E-state index in [0.717, 1.165) is 24.2 Å². The molecule has 0 bridgehead atoms. The Morgan fingerprint density at radius 1 is 0.929 bits per heavy atom. The molecule has 0 radical (unpaired) electrons. The molecule has 148 valence electrons. The normalized spacial score (nSPS) is 14.3. The van der Waals surface area contributed by atoms with Gasteiger partial charge in [0.2, 0.25) is 0 Å². The number of benzene rings is 2. The first-order valence-electron chi connectivity index (χ1n) is 9.92. The highest BCUT2D eigenvalue weighted by atomic mass is 16.5. The number of ether oxygens (including phenoxy) is 2. The lowest BCUT2D eigenvalue weighted by molar-refractivity contribution is -0.124. The Balaban J connectivity index is 1.47. The Labute approximate surface area is 166 Å². The molecular formula is C23H27NO4. The van der Waals surface area contributed by atoms with Gasteiger partial charge in [0, 0.05) is 12.1 Å². The van der Waals surface area contributed by atoms with Gasteiger partial charge in [-0.1, -0.05) is 55.7 Å². The molecule has 5 heteroatoms. The molecule has 1 N–H and O–H groups in total. The SMILES string of the molecule is O=C(COC(=O)c1ccccc1COc1ccccc1)NCC1CCCCC1. The zero-order valence-corrected chi connectivity index (χ0v) is 16.1. The number of amides is 1. The predicted octanol–water partition coefficient (Wildman–Crippen LogP) is 4.12. The lowest BCUT2D eigenvalue weighted by atomic mass is 9.89. The van der Waals surface area contributed by atoms with Crippen molar-refractivity contribution in [1.29, 1.82) is 0 Å². The maximum atomic E-state index is 12.4. The molecule has 0 aliphatic heterocycles. The van der Waals surface area contributed by atoms with E-state index in [4.69, 9.17) is 9.47 Å². The van der Waals surface area contributed by atoms with Crippen molar-refractivity contribution in [1.82, 2.24) is 5.32 Å². The number of hydrogen-bond acceptors (Lipinski definition) is 4. The van der Waals surface area contributed by atoms with Crippen molar-refractivity contribution in [3.63, 3.8) is 0 Å². The van der Waals surface area contributed by atoms with Crippen LogP contribution in [0.25, 0.3) is 0 Å². The summed E-state index contributed by atoms with van der Waals surface area (Å²) in [5, 5.41) is 2.88. The van der Waals surface area contributed by atoms with E-state index in [2.05, 4.69) is 5.32 Å². The van der Waals surface area contributed by atoms with E-state index >= 15 is 0 Å². The van der Waals surface area contributed by atoms with Crippen molar-refractivity contribution < 1.29 is 19.1 Å². The van der Waals surface area contributed by atoms with Crippen LogP contribution in [0.5, 0.6) is 5.75 Å². The van der Waals surface area contributed by atoms with Crippen LogP contribution >= 0.6 is 0 Å². The number of esters is 1. The lowest BCUT2D eigenvalue weighted by Gasteiger charge is -2.21. The highest BCUT2D eigenvalue weighted by Crippen LogP contribution is 2.22. The second-order valence-electron chi connectivity index (χ2n) is 7.14. The third-order valence-corrected chi connectivity index (χ3v) is 5.02. The monoisotopic (exact) mass is 381 g/mol. The fourth-order valence-corrected chi connectivity index (χ4v) is 3.43. The second-order valence-corrected chi connectivity index (χ2v) is 7.14. The Hall–Kier alpha value is -2.82. The van der Waals surface area contributed by atoms with Gasteiger partial charge in [-0.3, -0.25) is 4.79 Å². The Morgan fingerprint density at radius 3 is 2.43 bits per heavy atom. The molecule has 0 unspecified atom stereocenters. The zero-order valence-electron chi connectivity index (χ0n) is 16.1. The quantitative estimate of drug-likeness (QED) is 0.699. The van der Waals surface area contributed by atoms with E-state index in [1.54, 1.807) is 12.1 Å². The average molecular weight is 381 g/mol. The molecule has 1 aliphatic carbocycles. The predicted molar refractivity (Wildman–Crippen MR) is 107 cm³/mol. The molecule has 0 aromatic heterocycles. The number of carbonyl (C=O) groups excluding carboxylic acids is 2. The molecule has 1 saturated carbocycles. The van der Waals surface area contributed by atoms with Crippen molar-refractivity contribution in [2.75, 3.05) is 13.2 Å². The number of rotatable bonds is 8. The zero-order chi connectivity index (χ0) is 19.6. The number of nitrogens with one attached hydrogen (secondary N) is 1. The van der Waals surface area contributed by atoms with Crippen LogP contribution in [-0.2, 0) is 16.1 Å². The van der Waals surface area contributed by atoms with E-state index in [1.807, 2.05) is 42.5 Å². The van der Waals surface area contributed by atoms with Crippen molar-refractivity contribution in [2.45, 2.75) is 38.7 Å². The van der Waals surface area contributed by atoms with E-state index in [9.17, 15) is 9.59 Å². The summed E-state index contributed by atoms with van der Waals surface area (Å²) in [5.74, 6) is 0.508. The first kappa shape index (κ1) is 19.9. The summed E-state index contributed by atoms with van der Waals surface area (Å²) in [6, 6.07) is 16.5. The Morgan fingerprint density at radius 2 is 1.64 bits per heavy atom. The van der Waals surface area contributed by atoms with Crippen molar-refractivity contribution in [3.8, 4) is 5.75 Å². The van der Waals surface area contributed by atoms with Gasteiger partial charge in [0.25, 0.3) is 5.91 Å². The molecule has 0 spiro atoms. The van der Waals surface area contributed by atoms with Gasteiger partial charge < -0.3 is 14.8 Å². The van der Waals surface area contributed by atoms with Gasteiger partial charge in [-0.15, -0.1) is 0 Å². The molecule has 28 heavy (non-hydrogen) atoms. The summed E-state index contributed by atoms with van der Waals surface area (Å²) in [4.78, 5) is 24.4. The fraction of sp³-hybridized carbons (Fsp3) is 0.391. The standard InChI is InChI=1S/C23H27NO4/c25-22(24-15-18-9-3-1-4-10-18)17-28-23(26)21-14-8-7-11-19(21)16-27-20-12-5-2-6-13-20/h2,5-8,11-14,18H,1,3-4,9-10,15-17H2,(H,24,25). The summed E-state index contributed by atoms with van der Waals surface area (Å²) in [5.41, 5.74) is 1.14. The van der Waals surface area contributed by atoms with Crippen molar-refractivity contribution in [2.24, 2.45) is 5.92 Å². The molecular weight excluding hydrogens is 354 g/mol. The van der Waals surface area contributed by atoms with Gasteiger partial charge in [-0.05, 0) is 37.0 Å². The maximum Gasteiger partial charge on any atom is 0.339 e. The summed E-state index contributed by atoms with van der Waals surface area (Å²) in [7, 11) is 0. The molecule has 1 fully saturated rings. The van der Waals surface area contributed by atoms with Crippen LogP contribution in [0.2, 0.25) is 0 Å². The Bertz CT molecular complexity index is 769. The summed E-state index contributed by atoms with van der Waals surface area (Å²) < 4.78 is 10.9. The maximum absolute atomic E-state index is 12.4. The van der Waals surface area contributed by atoms with Gasteiger partial charge in [0.1, 0.15) is 12.4 Å². The largest absolute Gasteiger partial charge is 0.489 e. The molecule has 0 atom stereocenters. The highest BCUT2D eigenvalue weighted by molar-refractivity contribution is 5.92. The molecule has 2 aromatic carbocycles. The fourth-order valence-electron chi connectivity index (χ4n) is 3.43. The van der Waals surface area contributed by atoms with E-state index in [1.165, 1.54) is 19.3 Å². The van der Waals surface area contributed by atoms with Crippen LogP contribution in [0.3, 0.4) is 0 Å². The molecule has 0 saturated heterocycles. The second kappa shape index (κ2) is 10.5. The minimum Gasteiger partial charge on any atom is -0.489 e. The van der Waals surface area contributed by atoms with Crippen LogP contribution in [0.4, 0.5) is 0 Å². The number of carbonyl (C=O) groups is 2. The van der Waals surface area contributed by atoms with Crippen LogP contribution in [0, 0.1) is 5.92 Å². The molecule has 0 heterocycles. The van der Waals surface area contributed by atoms with Gasteiger partial charge in [-0.25, -0.2) is 4.79 Å². The average Bonchev–Trinajstić information content (AvgIpc) is 2.76. The van der Waals surface area contributed by atoms with Crippen LogP contribution in [-0.4, -0.2) is 25.0 Å². The first-order valence-corrected chi connectivity index (χ1v) is 9.92. The first-order chi connectivity index (χ1) is 13.7. The van der Waals surface area contributed by atoms with Gasteiger partial charge in [-0.2, -0.15) is 0 Å². The minimum atomic E-state index is -0.514. The topological polar surface area (TPSA) is 64.6 Å². The molecule has 3 rings (SSSR count). The third-order valence-electron chi connectivity index (χ3n) is 5.02. The highest BCUT2D eigenvalue weighted by Gasteiger charge is 2.17. The third kappa shape index (κ3) is 6.12. The van der Waals surface area contributed by atoms with Crippen LogP contribution in [0.15, 0.2) is 54.6 Å². The summed E-state index contributed by atoms with van der Waals surface area (Å²) in [6.07, 6.45) is 6.08. The van der Waals surface area contributed by atoms with Gasteiger partial charge in [0.05, 0.1) is 5.56 Å². The van der Waals surface area contributed by atoms with Gasteiger partial charge in [0.15, 0.2) is 6.61 Å². The van der Waals surface area contributed by atoms with Crippen molar-refractivity contribution in [3.05, 3.63) is 65.7 Å². The Kier molecular flexibility index (Phi) is 7.47. The number of hydrogen-bond donors (Lipinski definition) is 1.